The monoisotopic (exact) mass is 262 g/mol. The lowest BCUT2D eigenvalue weighted by Gasteiger charge is -2.05. The van der Waals surface area contributed by atoms with Gasteiger partial charge in [0, 0.05) is 11.3 Å². The van der Waals surface area contributed by atoms with Crippen molar-refractivity contribution in [3.05, 3.63) is 30.3 Å². The van der Waals surface area contributed by atoms with Gasteiger partial charge in [-0.2, -0.15) is 0 Å². The van der Waals surface area contributed by atoms with Gasteiger partial charge < -0.3 is 10.2 Å². The second kappa shape index (κ2) is 5.31. The van der Waals surface area contributed by atoms with E-state index < -0.39 is 0 Å². The molecule has 4 heteroatoms. The molecule has 0 aromatic heterocycles. The molecule has 0 amide bonds. The van der Waals surface area contributed by atoms with E-state index in [9.17, 15) is 15.0 Å². The van der Waals surface area contributed by atoms with Crippen LogP contribution in [-0.4, -0.2) is 21.7 Å². The van der Waals surface area contributed by atoms with Crippen LogP contribution in [0.4, 0.5) is 0 Å². The third-order valence-corrected chi connectivity index (χ3v) is 3.75. The van der Waals surface area contributed by atoms with Gasteiger partial charge in [0.25, 0.3) is 0 Å². The number of thioether (sulfide) groups is 1. The van der Waals surface area contributed by atoms with Crippen molar-refractivity contribution in [3.8, 4) is 11.5 Å². The molecule has 0 saturated carbocycles. The molecule has 18 heavy (non-hydrogen) atoms. The van der Waals surface area contributed by atoms with Crippen LogP contribution in [0.2, 0.25) is 0 Å². The van der Waals surface area contributed by atoms with E-state index in [4.69, 9.17) is 0 Å². The first-order valence-corrected chi connectivity index (χ1v) is 6.69. The minimum absolute atomic E-state index is 0.121. The number of rotatable bonds is 4. The van der Waals surface area contributed by atoms with Gasteiger partial charge in [-0.05, 0) is 35.0 Å². The van der Waals surface area contributed by atoms with Gasteiger partial charge in [-0.25, -0.2) is 0 Å². The number of Topliss-reactive ketones (excluding diaryl/α,β-unsaturated/α-hetero) is 1. The first kappa shape index (κ1) is 12.8. The van der Waals surface area contributed by atoms with Crippen molar-refractivity contribution in [2.75, 3.05) is 5.75 Å². The van der Waals surface area contributed by atoms with Crippen molar-refractivity contribution in [1.29, 1.82) is 0 Å². The Morgan fingerprint density at radius 2 is 1.78 bits per heavy atom. The molecule has 0 unspecified atom stereocenters. The predicted molar refractivity (Wildman–Crippen MR) is 73.3 cm³/mol. The van der Waals surface area contributed by atoms with Crippen molar-refractivity contribution >= 4 is 28.3 Å². The molecule has 0 fully saturated rings. The van der Waals surface area contributed by atoms with Gasteiger partial charge in [-0.3, -0.25) is 4.79 Å². The van der Waals surface area contributed by atoms with Gasteiger partial charge >= 0.3 is 0 Å². The van der Waals surface area contributed by atoms with E-state index in [1.807, 2.05) is 25.1 Å². The molecule has 0 atom stereocenters. The number of carbonyl (C=O) groups is 1. The smallest absolute Gasteiger partial charge is 0.158 e. The van der Waals surface area contributed by atoms with E-state index in [1.165, 1.54) is 23.9 Å². The number of phenols is 2. The highest BCUT2D eigenvalue weighted by Gasteiger charge is 2.05. The van der Waals surface area contributed by atoms with Crippen LogP contribution in [0.3, 0.4) is 0 Å². The highest BCUT2D eigenvalue weighted by atomic mass is 32.2. The fraction of sp³-hybridized carbons (Fsp3) is 0.214. The number of aromatic hydroxyl groups is 2. The Balaban J connectivity index is 2.27. The number of hydrogen-bond donors (Lipinski definition) is 2. The maximum atomic E-state index is 11.3. The summed E-state index contributed by atoms with van der Waals surface area (Å²) in [7, 11) is 0. The van der Waals surface area contributed by atoms with Crippen molar-refractivity contribution in [2.24, 2.45) is 0 Å². The quantitative estimate of drug-likeness (QED) is 0.655. The molecule has 2 rings (SSSR count). The molecule has 0 saturated heterocycles. The van der Waals surface area contributed by atoms with E-state index in [-0.39, 0.29) is 17.3 Å². The predicted octanol–water partition coefficient (Wildman–Crippen LogP) is 3.32. The average molecular weight is 262 g/mol. The number of ketones is 1. The second-order valence-corrected chi connectivity index (χ2v) is 5.08. The van der Waals surface area contributed by atoms with Gasteiger partial charge in [0.1, 0.15) is 5.78 Å². The Morgan fingerprint density at radius 1 is 1.11 bits per heavy atom. The maximum Gasteiger partial charge on any atom is 0.158 e. The Bertz CT molecular complexity index is 593. The van der Waals surface area contributed by atoms with Gasteiger partial charge in [0.15, 0.2) is 11.5 Å². The number of carbonyl (C=O) groups excluding carboxylic acids is 1. The van der Waals surface area contributed by atoms with Gasteiger partial charge in [-0.1, -0.05) is 13.0 Å². The molecule has 0 radical (unpaired) electrons. The lowest BCUT2D eigenvalue weighted by Crippen LogP contribution is -1.97. The van der Waals surface area contributed by atoms with E-state index in [0.717, 1.165) is 15.7 Å². The minimum Gasteiger partial charge on any atom is -0.504 e. The molecule has 3 nitrogen and oxygen atoms in total. The summed E-state index contributed by atoms with van der Waals surface area (Å²) in [4.78, 5) is 12.2. The van der Waals surface area contributed by atoms with E-state index in [2.05, 4.69) is 0 Å². The standard InChI is InChI=1S/C14H14O3S/c1-2-11(15)8-18-12-4-3-9-6-13(16)14(17)7-10(9)5-12/h3-7,16-17H,2,8H2,1H3. The van der Waals surface area contributed by atoms with Crippen LogP contribution in [0, 0.1) is 0 Å². The minimum atomic E-state index is -0.130. The molecule has 0 aliphatic heterocycles. The summed E-state index contributed by atoms with van der Waals surface area (Å²) in [5.74, 6) is 0.429. The number of phenolic OH excluding ortho intramolecular Hbond substituents is 2. The van der Waals surface area contributed by atoms with E-state index >= 15 is 0 Å². The van der Waals surface area contributed by atoms with Crippen LogP contribution in [0.1, 0.15) is 13.3 Å². The summed E-state index contributed by atoms with van der Waals surface area (Å²) in [5.41, 5.74) is 0. The lowest BCUT2D eigenvalue weighted by molar-refractivity contribution is -0.116. The number of benzene rings is 2. The average Bonchev–Trinajstić information content (AvgIpc) is 2.37. The van der Waals surface area contributed by atoms with Crippen LogP contribution < -0.4 is 0 Å². The number of fused-ring (bicyclic) bond motifs is 1. The van der Waals surface area contributed by atoms with Crippen LogP contribution >= 0.6 is 11.8 Å². The third kappa shape index (κ3) is 2.76. The Hall–Kier alpha value is -1.68. The van der Waals surface area contributed by atoms with Crippen LogP contribution in [-0.2, 0) is 4.79 Å². The lowest BCUT2D eigenvalue weighted by atomic mass is 10.1. The Labute approximate surface area is 109 Å². The summed E-state index contributed by atoms with van der Waals surface area (Å²) < 4.78 is 0. The normalized spacial score (nSPS) is 10.7. The summed E-state index contributed by atoms with van der Waals surface area (Å²) in [6.07, 6.45) is 0.551. The van der Waals surface area contributed by atoms with Crippen LogP contribution in [0.25, 0.3) is 10.8 Å². The van der Waals surface area contributed by atoms with Crippen molar-refractivity contribution in [3.63, 3.8) is 0 Å². The van der Waals surface area contributed by atoms with Gasteiger partial charge in [-0.15, -0.1) is 11.8 Å². The zero-order valence-corrected chi connectivity index (χ0v) is 10.8. The molecule has 2 aromatic rings. The first-order chi connectivity index (χ1) is 8.60. The molecule has 0 aliphatic rings. The molecular weight excluding hydrogens is 248 g/mol. The third-order valence-electron chi connectivity index (χ3n) is 2.70. The zero-order chi connectivity index (χ0) is 13.1. The van der Waals surface area contributed by atoms with E-state index in [1.54, 1.807) is 0 Å². The molecule has 2 N–H and O–H groups in total. The fourth-order valence-corrected chi connectivity index (χ4v) is 2.51. The highest BCUT2D eigenvalue weighted by Crippen LogP contribution is 2.32. The van der Waals surface area contributed by atoms with Crippen LogP contribution in [0.15, 0.2) is 35.2 Å². The molecular formula is C14H14O3S. The fourth-order valence-electron chi connectivity index (χ4n) is 1.61. The molecule has 0 spiro atoms. The highest BCUT2D eigenvalue weighted by molar-refractivity contribution is 8.00. The van der Waals surface area contributed by atoms with Crippen molar-refractivity contribution in [1.82, 2.24) is 0 Å². The summed E-state index contributed by atoms with van der Waals surface area (Å²) in [6.45, 7) is 1.85. The summed E-state index contributed by atoms with van der Waals surface area (Å²) >= 11 is 1.48. The summed E-state index contributed by atoms with van der Waals surface area (Å²) in [5, 5.41) is 20.6. The van der Waals surface area contributed by atoms with E-state index in [0.29, 0.717) is 12.2 Å². The molecule has 0 bridgehead atoms. The number of hydrogen-bond acceptors (Lipinski definition) is 4. The van der Waals surface area contributed by atoms with Gasteiger partial charge in [0.05, 0.1) is 5.75 Å². The molecule has 94 valence electrons. The molecule has 0 heterocycles. The zero-order valence-electron chi connectivity index (χ0n) is 10.0. The molecule has 2 aromatic carbocycles. The van der Waals surface area contributed by atoms with Crippen molar-refractivity contribution in [2.45, 2.75) is 18.2 Å². The largest absolute Gasteiger partial charge is 0.504 e. The summed E-state index contributed by atoms with van der Waals surface area (Å²) in [6, 6.07) is 8.73. The first-order valence-electron chi connectivity index (χ1n) is 5.70. The maximum absolute atomic E-state index is 11.3. The second-order valence-electron chi connectivity index (χ2n) is 4.03. The Kier molecular flexibility index (Phi) is 3.77. The van der Waals surface area contributed by atoms with Gasteiger partial charge in [0.2, 0.25) is 0 Å². The molecule has 0 aliphatic carbocycles. The van der Waals surface area contributed by atoms with Crippen LogP contribution in [0.5, 0.6) is 11.5 Å². The van der Waals surface area contributed by atoms with Crippen molar-refractivity contribution < 1.29 is 15.0 Å². The Morgan fingerprint density at radius 3 is 2.44 bits per heavy atom. The SMILES string of the molecule is CCC(=O)CSc1ccc2cc(O)c(O)cc2c1. The topological polar surface area (TPSA) is 57.5 Å².